The molecule has 0 heterocycles. The summed E-state index contributed by atoms with van der Waals surface area (Å²) < 4.78 is 0. The third-order valence-electron chi connectivity index (χ3n) is 6.41. The molecule has 2 unspecified atom stereocenters. The summed E-state index contributed by atoms with van der Waals surface area (Å²) in [6.45, 7) is 18.8. The van der Waals surface area contributed by atoms with Gasteiger partial charge in [-0.1, -0.05) is 78.5 Å². The van der Waals surface area contributed by atoms with Gasteiger partial charge in [0.15, 0.2) is 0 Å². The van der Waals surface area contributed by atoms with Crippen molar-refractivity contribution in [3.8, 4) is 0 Å². The largest absolute Gasteiger partial charge is 0.132 e. The summed E-state index contributed by atoms with van der Waals surface area (Å²) in [7, 11) is 1.34. The van der Waals surface area contributed by atoms with E-state index in [1.54, 1.807) is 0 Å². The van der Waals surface area contributed by atoms with E-state index in [1.165, 1.54) is 45.7 Å². The smallest absolute Gasteiger partial charge is 0.104 e. The zero-order valence-electron chi connectivity index (χ0n) is 15.6. The molecule has 0 aromatic rings. The van der Waals surface area contributed by atoms with Crippen molar-refractivity contribution >= 4 is 7.28 Å². The molecule has 0 N–H and O–H groups in total. The quantitative estimate of drug-likeness (QED) is 0.361. The van der Waals surface area contributed by atoms with Gasteiger partial charge in [-0.25, -0.2) is 0 Å². The molecular formula is C20H39B. The highest BCUT2D eigenvalue weighted by atomic mass is 14.5. The molecule has 5 atom stereocenters. The lowest BCUT2D eigenvalue weighted by Crippen LogP contribution is -2.41. The maximum absolute atomic E-state index is 3.97. The Morgan fingerprint density at radius 1 is 1.29 bits per heavy atom. The first-order chi connectivity index (χ1) is 9.85. The molecule has 1 aliphatic rings. The van der Waals surface area contributed by atoms with Gasteiger partial charge in [-0.2, -0.15) is 0 Å². The van der Waals surface area contributed by atoms with E-state index in [0.717, 1.165) is 29.6 Å². The first-order valence-corrected chi connectivity index (χ1v) is 9.46. The molecule has 0 aromatic carbocycles. The van der Waals surface area contributed by atoms with E-state index >= 15 is 0 Å². The average Bonchev–Trinajstić information content (AvgIpc) is 2.44. The Labute approximate surface area is 135 Å². The van der Waals surface area contributed by atoms with Crippen molar-refractivity contribution in [2.75, 3.05) is 0 Å². The van der Waals surface area contributed by atoms with Crippen molar-refractivity contribution in [3.63, 3.8) is 0 Å². The predicted molar refractivity (Wildman–Crippen MR) is 99.4 cm³/mol. The summed E-state index contributed by atoms with van der Waals surface area (Å²) >= 11 is 0. The topological polar surface area (TPSA) is 0 Å². The van der Waals surface area contributed by atoms with Crippen LogP contribution >= 0.6 is 0 Å². The molecule has 1 rings (SSSR count). The van der Waals surface area contributed by atoms with Crippen LogP contribution in [0.4, 0.5) is 0 Å². The van der Waals surface area contributed by atoms with E-state index in [0.29, 0.717) is 5.31 Å². The van der Waals surface area contributed by atoms with E-state index < -0.39 is 0 Å². The third-order valence-corrected chi connectivity index (χ3v) is 6.41. The Kier molecular flexibility index (Phi) is 7.58. The average molecular weight is 290 g/mol. The lowest BCUT2D eigenvalue weighted by Gasteiger charge is -2.50. The van der Waals surface area contributed by atoms with Gasteiger partial charge in [-0.15, -0.1) is 6.58 Å². The first-order valence-electron chi connectivity index (χ1n) is 9.46. The van der Waals surface area contributed by atoms with Gasteiger partial charge in [0.1, 0.15) is 7.28 Å². The normalized spacial score (nSPS) is 32.7. The minimum absolute atomic E-state index is 0.519. The lowest BCUT2D eigenvalue weighted by molar-refractivity contribution is 0.0617. The molecule has 0 nitrogen and oxygen atoms in total. The molecular weight excluding hydrogens is 251 g/mol. The molecule has 0 bridgehead atoms. The lowest BCUT2D eigenvalue weighted by atomic mass is 9.40. The van der Waals surface area contributed by atoms with Crippen molar-refractivity contribution in [3.05, 3.63) is 12.7 Å². The van der Waals surface area contributed by atoms with Crippen molar-refractivity contribution in [1.82, 2.24) is 0 Å². The Morgan fingerprint density at radius 2 is 1.95 bits per heavy atom. The molecule has 0 amide bonds. The summed E-state index contributed by atoms with van der Waals surface area (Å²) in [6.07, 6.45) is 10.3. The van der Waals surface area contributed by atoms with Gasteiger partial charge in [0.05, 0.1) is 0 Å². The Morgan fingerprint density at radius 3 is 2.48 bits per heavy atom. The van der Waals surface area contributed by atoms with Crippen molar-refractivity contribution in [2.45, 2.75) is 85.3 Å². The summed E-state index contributed by atoms with van der Waals surface area (Å²) in [4.78, 5) is 0. The van der Waals surface area contributed by atoms with Crippen LogP contribution in [0.15, 0.2) is 12.7 Å². The third kappa shape index (κ3) is 4.90. The monoisotopic (exact) mass is 290 g/mol. The number of hydrogen-bond donors (Lipinski definition) is 0. The van der Waals surface area contributed by atoms with Gasteiger partial charge >= 0.3 is 0 Å². The molecule has 0 spiro atoms. The number of unbranched alkanes of at least 4 members (excludes halogenated alkanes) is 1. The molecule has 0 saturated heterocycles. The van der Waals surface area contributed by atoms with Crippen LogP contribution in [0.2, 0.25) is 11.6 Å². The number of rotatable bonds is 8. The highest BCUT2D eigenvalue weighted by molar-refractivity contribution is 6.40. The van der Waals surface area contributed by atoms with Crippen molar-refractivity contribution in [1.29, 1.82) is 0 Å². The second-order valence-electron chi connectivity index (χ2n) is 8.53. The van der Waals surface area contributed by atoms with Gasteiger partial charge in [-0.3, -0.25) is 0 Å². The van der Waals surface area contributed by atoms with E-state index in [9.17, 15) is 0 Å². The second-order valence-corrected chi connectivity index (χ2v) is 8.53. The summed E-state index contributed by atoms with van der Waals surface area (Å²) in [5.41, 5.74) is 0. The molecule has 21 heavy (non-hydrogen) atoms. The zero-order chi connectivity index (χ0) is 16.0. The number of hydrogen-bond acceptors (Lipinski definition) is 0. The molecule has 1 fully saturated rings. The van der Waals surface area contributed by atoms with Gasteiger partial charge in [0.2, 0.25) is 0 Å². The van der Waals surface area contributed by atoms with Crippen LogP contribution in [-0.4, -0.2) is 7.28 Å². The second kappa shape index (κ2) is 8.44. The predicted octanol–water partition coefficient (Wildman–Crippen LogP) is 6.35. The summed E-state index contributed by atoms with van der Waals surface area (Å²) in [5, 5.41) is 0.519. The van der Waals surface area contributed by atoms with E-state index in [4.69, 9.17) is 0 Å². The highest BCUT2D eigenvalue weighted by Crippen LogP contribution is 2.54. The van der Waals surface area contributed by atoms with Crippen molar-refractivity contribution < 1.29 is 0 Å². The summed E-state index contributed by atoms with van der Waals surface area (Å²) in [5.74, 6) is 4.44. The minimum atomic E-state index is 0.519. The van der Waals surface area contributed by atoms with E-state index in [-0.39, 0.29) is 0 Å². The van der Waals surface area contributed by atoms with E-state index in [2.05, 4.69) is 54.2 Å². The van der Waals surface area contributed by atoms with Crippen LogP contribution in [0.5, 0.6) is 0 Å². The molecule has 0 aromatic heterocycles. The Bertz CT molecular complexity index is 309. The van der Waals surface area contributed by atoms with Crippen LogP contribution in [0.25, 0.3) is 0 Å². The molecule has 0 radical (unpaired) electrons. The van der Waals surface area contributed by atoms with Gasteiger partial charge < -0.3 is 0 Å². The van der Waals surface area contributed by atoms with Crippen LogP contribution in [0.3, 0.4) is 0 Å². The fraction of sp³-hybridized carbons (Fsp3) is 0.900. The molecule has 0 aliphatic heterocycles. The van der Waals surface area contributed by atoms with Crippen LogP contribution < -0.4 is 0 Å². The SMILES string of the molecule is C=CCBC(C)(CCCC)[C@H]1C[C@H](C)C[C@H](C(C)C)C1C. The van der Waals surface area contributed by atoms with Crippen LogP contribution in [0, 0.1) is 29.6 Å². The number of allylic oxidation sites excluding steroid dienone is 1. The molecule has 1 heteroatoms. The molecule has 1 aliphatic carbocycles. The van der Waals surface area contributed by atoms with Crippen LogP contribution in [-0.2, 0) is 0 Å². The zero-order valence-corrected chi connectivity index (χ0v) is 15.6. The molecule has 122 valence electrons. The maximum atomic E-state index is 3.97. The first kappa shape index (κ1) is 18.9. The maximum Gasteiger partial charge on any atom is 0.132 e. The van der Waals surface area contributed by atoms with E-state index in [1.807, 2.05) is 0 Å². The fourth-order valence-corrected chi connectivity index (χ4v) is 5.03. The van der Waals surface area contributed by atoms with Gasteiger partial charge in [0.25, 0.3) is 0 Å². The minimum Gasteiger partial charge on any atom is -0.104 e. The Hall–Kier alpha value is -0.195. The summed E-state index contributed by atoms with van der Waals surface area (Å²) in [6, 6.07) is 0. The van der Waals surface area contributed by atoms with Gasteiger partial charge in [0, 0.05) is 0 Å². The molecule has 1 saturated carbocycles. The van der Waals surface area contributed by atoms with Crippen LogP contribution in [0.1, 0.15) is 73.6 Å². The standard InChI is InChI=1S/C20H39B/c1-8-10-11-20(7,21-12-9-2)19-14-16(5)13-18(15(3)4)17(19)6/h9,15-19,21H,2,8,10-14H2,1,3-7H3/t16-,17?,18-,19+,20?/m1/s1. The van der Waals surface area contributed by atoms with Crippen molar-refractivity contribution in [2.24, 2.45) is 29.6 Å². The highest BCUT2D eigenvalue weighted by Gasteiger charge is 2.43. The fourth-order valence-electron chi connectivity index (χ4n) is 5.03. The van der Waals surface area contributed by atoms with Gasteiger partial charge in [-0.05, 0) is 42.4 Å². The Balaban J connectivity index is 2.94.